The van der Waals surface area contributed by atoms with E-state index in [2.05, 4.69) is 4.90 Å². The lowest BCUT2D eigenvalue weighted by atomic mass is 10.1. The molecule has 2 heterocycles. The van der Waals surface area contributed by atoms with Gasteiger partial charge in [-0.15, -0.1) is 0 Å². The second-order valence-corrected chi connectivity index (χ2v) is 4.77. The summed E-state index contributed by atoms with van der Waals surface area (Å²) < 4.78 is 1.08. The van der Waals surface area contributed by atoms with Gasteiger partial charge in [-0.2, -0.15) is 4.74 Å². The van der Waals surface area contributed by atoms with Gasteiger partial charge in [0.05, 0.1) is 19.1 Å². The minimum Gasteiger partial charge on any atom is -0.622 e. The fourth-order valence-electron chi connectivity index (χ4n) is 2.69. The summed E-state index contributed by atoms with van der Waals surface area (Å²) in [6.45, 7) is 1.51. The number of nitrogens with zero attached hydrogens (tertiary/aromatic N) is 2. The Hall–Kier alpha value is -1.39. The van der Waals surface area contributed by atoms with Crippen molar-refractivity contribution >= 4 is 5.71 Å². The van der Waals surface area contributed by atoms with Crippen molar-refractivity contribution in [2.75, 3.05) is 13.1 Å². The van der Waals surface area contributed by atoms with Gasteiger partial charge in [0.25, 0.3) is 0 Å². The maximum atomic E-state index is 12.2. The van der Waals surface area contributed by atoms with E-state index in [9.17, 15) is 10.3 Å². The molecule has 0 aromatic heterocycles. The van der Waals surface area contributed by atoms with Crippen molar-refractivity contribution in [1.29, 1.82) is 0 Å². The smallest absolute Gasteiger partial charge is 0.222 e. The molecular formula is C13H16N2O2. The monoisotopic (exact) mass is 232 g/mol. The molecular weight excluding hydrogens is 216 g/mol. The third-order valence-electron chi connectivity index (χ3n) is 3.65. The van der Waals surface area contributed by atoms with Crippen LogP contribution < -0.4 is 0 Å². The normalized spacial score (nSPS) is 29.5. The molecule has 1 saturated heterocycles. The fourth-order valence-corrected chi connectivity index (χ4v) is 2.69. The van der Waals surface area contributed by atoms with Crippen molar-refractivity contribution in [2.24, 2.45) is 0 Å². The van der Waals surface area contributed by atoms with Gasteiger partial charge in [-0.3, -0.25) is 0 Å². The van der Waals surface area contributed by atoms with Crippen LogP contribution in [0.3, 0.4) is 0 Å². The largest absolute Gasteiger partial charge is 0.622 e. The Morgan fingerprint density at radius 2 is 2.06 bits per heavy atom. The molecule has 4 heteroatoms. The number of aliphatic hydroxyl groups excluding tert-OH is 1. The predicted octanol–water partition coefficient (Wildman–Crippen LogP) is 0.782. The van der Waals surface area contributed by atoms with E-state index in [-0.39, 0.29) is 12.3 Å². The van der Waals surface area contributed by atoms with Crippen molar-refractivity contribution in [2.45, 2.75) is 25.1 Å². The van der Waals surface area contributed by atoms with Gasteiger partial charge in [-0.25, -0.2) is 4.90 Å². The summed E-state index contributed by atoms with van der Waals surface area (Å²) in [5.74, 6) is 0. The lowest BCUT2D eigenvalue weighted by Crippen LogP contribution is -2.44. The highest BCUT2D eigenvalue weighted by Crippen LogP contribution is 2.24. The number of piperidine rings is 1. The number of hydroxylamine groups is 1. The van der Waals surface area contributed by atoms with Crippen molar-refractivity contribution in [3.05, 3.63) is 41.1 Å². The first-order valence-electron chi connectivity index (χ1n) is 6.05. The van der Waals surface area contributed by atoms with Crippen molar-refractivity contribution in [3.8, 4) is 0 Å². The van der Waals surface area contributed by atoms with Gasteiger partial charge in [0.1, 0.15) is 0 Å². The topological polar surface area (TPSA) is 49.5 Å². The van der Waals surface area contributed by atoms with E-state index < -0.39 is 0 Å². The second-order valence-electron chi connectivity index (χ2n) is 4.77. The van der Waals surface area contributed by atoms with Gasteiger partial charge in [-0.1, -0.05) is 18.2 Å². The van der Waals surface area contributed by atoms with Gasteiger partial charge >= 0.3 is 0 Å². The number of benzene rings is 1. The Kier molecular flexibility index (Phi) is 2.61. The highest BCUT2D eigenvalue weighted by atomic mass is 16.5. The molecule has 1 fully saturated rings. The Morgan fingerprint density at radius 1 is 1.29 bits per heavy atom. The van der Waals surface area contributed by atoms with E-state index in [1.165, 1.54) is 0 Å². The Balaban J connectivity index is 1.91. The van der Waals surface area contributed by atoms with Crippen LogP contribution in [0.15, 0.2) is 30.3 Å². The van der Waals surface area contributed by atoms with Crippen molar-refractivity contribution < 1.29 is 9.85 Å². The molecule has 2 atom stereocenters. The number of hydrogen-bond acceptors (Lipinski definition) is 3. The highest BCUT2D eigenvalue weighted by molar-refractivity contribution is 5.99. The maximum absolute atomic E-state index is 12.2. The second kappa shape index (κ2) is 4.13. The van der Waals surface area contributed by atoms with Crippen molar-refractivity contribution in [3.63, 3.8) is 0 Å². The molecule has 2 aliphatic rings. The van der Waals surface area contributed by atoms with E-state index in [0.717, 1.165) is 29.0 Å². The van der Waals surface area contributed by atoms with E-state index in [1.54, 1.807) is 0 Å². The van der Waals surface area contributed by atoms with Crippen LogP contribution in [-0.4, -0.2) is 45.8 Å². The zero-order chi connectivity index (χ0) is 11.8. The Morgan fingerprint density at radius 3 is 2.82 bits per heavy atom. The van der Waals surface area contributed by atoms with Gasteiger partial charge in [0.15, 0.2) is 0 Å². The van der Waals surface area contributed by atoms with Crippen LogP contribution in [0.1, 0.15) is 18.4 Å². The van der Waals surface area contributed by atoms with Gasteiger partial charge in [-0.05, 0) is 18.6 Å². The molecule has 2 aliphatic heterocycles. The molecule has 0 spiro atoms. The van der Waals surface area contributed by atoms with Crippen LogP contribution in [0.25, 0.3) is 0 Å². The predicted molar refractivity (Wildman–Crippen MR) is 64.8 cm³/mol. The molecule has 90 valence electrons. The first-order valence-corrected chi connectivity index (χ1v) is 6.05. The third-order valence-corrected chi connectivity index (χ3v) is 3.65. The summed E-state index contributed by atoms with van der Waals surface area (Å²) in [6.07, 6.45) is 0.823. The zero-order valence-electron chi connectivity index (χ0n) is 9.62. The van der Waals surface area contributed by atoms with Crippen LogP contribution in [0, 0.1) is 5.21 Å². The van der Waals surface area contributed by atoms with E-state index in [4.69, 9.17) is 0 Å². The average Bonchev–Trinajstić information content (AvgIpc) is 2.68. The Bertz CT molecular complexity index is 444. The molecule has 0 aliphatic carbocycles. The average molecular weight is 232 g/mol. The van der Waals surface area contributed by atoms with Gasteiger partial charge in [0, 0.05) is 12.1 Å². The maximum Gasteiger partial charge on any atom is 0.222 e. The molecule has 1 aromatic rings. The fraction of sp³-hybridized carbons (Fsp3) is 0.462. The van der Waals surface area contributed by atoms with Crippen LogP contribution in [0.5, 0.6) is 0 Å². The summed E-state index contributed by atoms with van der Waals surface area (Å²) in [4.78, 5) is 2.15. The molecule has 0 radical (unpaired) electrons. The molecule has 17 heavy (non-hydrogen) atoms. The molecule has 0 saturated carbocycles. The van der Waals surface area contributed by atoms with Crippen LogP contribution in [0.2, 0.25) is 0 Å². The SMILES string of the molecule is [O-][N+]1=C(c2ccccc2)CN2CCC(O)CC21. The standard InChI is InChI=1S/C13H16N2O2/c16-11-6-7-14-9-12(15(17)13(14)8-11)10-4-2-1-3-5-10/h1-5,11,13,16H,6-9H2. The Labute approximate surface area is 100 Å². The molecule has 1 aromatic carbocycles. The minimum atomic E-state index is -0.331. The van der Waals surface area contributed by atoms with Gasteiger partial charge in [0.2, 0.25) is 11.9 Å². The molecule has 0 bridgehead atoms. The van der Waals surface area contributed by atoms with E-state index >= 15 is 0 Å². The third kappa shape index (κ3) is 1.83. The highest BCUT2D eigenvalue weighted by Gasteiger charge is 2.41. The quantitative estimate of drug-likeness (QED) is 0.575. The zero-order valence-corrected chi connectivity index (χ0v) is 9.62. The van der Waals surface area contributed by atoms with E-state index in [0.29, 0.717) is 13.0 Å². The molecule has 4 nitrogen and oxygen atoms in total. The first-order chi connectivity index (χ1) is 8.25. The number of aliphatic hydroxyl groups is 1. The molecule has 2 unspecified atom stereocenters. The van der Waals surface area contributed by atoms with E-state index in [1.807, 2.05) is 30.3 Å². The summed E-state index contributed by atoms with van der Waals surface area (Å²) in [5.41, 5.74) is 1.82. The number of fused-ring (bicyclic) bond motifs is 1. The summed E-state index contributed by atoms with van der Waals surface area (Å²) >= 11 is 0. The summed E-state index contributed by atoms with van der Waals surface area (Å²) in [6, 6.07) is 9.78. The molecule has 3 rings (SSSR count). The summed E-state index contributed by atoms with van der Waals surface area (Å²) in [5, 5.41) is 21.8. The molecule has 0 amide bonds. The first kappa shape index (κ1) is 10.7. The number of hydrogen-bond donors (Lipinski definition) is 1. The van der Waals surface area contributed by atoms with Crippen molar-refractivity contribution in [1.82, 2.24) is 4.90 Å². The molecule has 1 N–H and O–H groups in total. The van der Waals surface area contributed by atoms with Crippen LogP contribution in [0.4, 0.5) is 0 Å². The number of rotatable bonds is 1. The lowest BCUT2D eigenvalue weighted by molar-refractivity contribution is -0.521. The van der Waals surface area contributed by atoms with Crippen LogP contribution in [-0.2, 0) is 0 Å². The minimum absolute atomic E-state index is 0.172. The van der Waals surface area contributed by atoms with Crippen LogP contribution >= 0.6 is 0 Å². The lowest BCUT2D eigenvalue weighted by Gasteiger charge is -2.29. The summed E-state index contributed by atoms with van der Waals surface area (Å²) in [7, 11) is 0. The van der Waals surface area contributed by atoms with Gasteiger partial charge < -0.3 is 10.3 Å².